The highest BCUT2D eigenvalue weighted by atomic mass is 35.5. The number of benzene rings is 1. The highest BCUT2D eigenvalue weighted by Crippen LogP contribution is 2.14. The lowest BCUT2D eigenvalue weighted by Crippen LogP contribution is -1.91. The minimum absolute atomic E-state index is 0.606. The Balaban J connectivity index is 2.06. The number of hydrogen-bond donors (Lipinski definition) is 0. The summed E-state index contributed by atoms with van der Waals surface area (Å²) in [5, 5.41) is 0.606. The molecule has 0 N–H and O–H groups in total. The van der Waals surface area contributed by atoms with Crippen LogP contribution in [0, 0.1) is 0 Å². The monoisotopic (exact) mass is 260 g/mol. The predicted molar refractivity (Wildman–Crippen MR) is 74.1 cm³/mol. The molecular weight excluding hydrogens is 248 g/mol. The molecule has 2 aromatic rings. The normalized spacial score (nSPS) is 10.8. The number of hydrogen-bond acceptors (Lipinski definition) is 3. The van der Waals surface area contributed by atoms with Crippen LogP contribution in [0.1, 0.15) is 12.5 Å². The standard InChI is InChI=1S/C14H13ClN2O/c1-2-18-13-6-3-11(4-7-13)9-16-14-8-5-12(15)10-17-14/h3-10H,2H2,1H3. The van der Waals surface area contributed by atoms with Gasteiger partial charge in [0, 0.05) is 12.4 Å². The molecule has 0 spiro atoms. The van der Waals surface area contributed by atoms with E-state index in [0.717, 1.165) is 11.3 Å². The lowest BCUT2D eigenvalue weighted by atomic mass is 10.2. The summed E-state index contributed by atoms with van der Waals surface area (Å²) in [6, 6.07) is 11.3. The molecule has 0 bridgehead atoms. The van der Waals surface area contributed by atoms with Crippen LogP contribution in [0.3, 0.4) is 0 Å². The van der Waals surface area contributed by atoms with Crippen molar-refractivity contribution in [2.24, 2.45) is 4.99 Å². The van der Waals surface area contributed by atoms with Crippen molar-refractivity contribution in [3.63, 3.8) is 0 Å². The van der Waals surface area contributed by atoms with Gasteiger partial charge in [-0.05, 0) is 48.9 Å². The van der Waals surface area contributed by atoms with Crippen LogP contribution in [0.25, 0.3) is 0 Å². The lowest BCUT2D eigenvalue weighted by Gasteiger charge is -2.01. The van der Waals surface area contributed by atoms with Crippen LogP contribution in [0.2, 0.25) is 5.02 Å². The highest BCUT2D eigenvalue weighted by molar-refractivity contribution is 6.30. The van der Waals surface area contributed by atoms with Gasteiger partial charge in [0.25, 0.3) is 0 Å². The third-order valence-corrected chi connectivity index (χ3v) is 2.47. The van der Waals surface area contributed by atoms with E-state index in [0.29, 0.717) is 17.4 Å². The Bertz CT molecular complexity index is 520. The van der Waals surface area contributed by atoms with Crippen molar-refractivity contribution < 1.29 is 4.74 Å². The van der Waals surface area contributed by atoms with Gasteiger partial charge in [-0.3, -0.25) is 0 Å². The Morgan fingerprint density at radius 2 is 2.00 bits per heavy atom. The van der Waals surface area contributed by atoms with Crippen molar-refractivity contribution in [3.8, 4) is 5.75 Å². The van der Waals surface area contributed by atoms with Crippen LogP contribution >= 0.6 is 11.6 Å². The molecule has 0 radical (unpaired) electrons. The van der Waals surface area contributed by atoms with E-state index in [1.165, 1.54) is 0 Å². The minimum atomic E-state index is 0.606. The third kappa shape index (κ3) is 3.57. The van der Waals surface area contributed by atoms with E-state index in [4.69, 9.17) is 16.3 Å². The van der Waals surface area contributed by atoms with E-state index in [1.54, 1.807) is 24.5 Å². The molecule has 1 aromatic carbocycles. The third-order valence-electron chi connectivity index (χ3n) is 2.25. The van der Waals surface area contributed by atoms with Crippen molar-refractivity contribution in [3.05, 3.63) is 53.2 Å². The van der Waals surface area contributed by atoms with E-state index in [1.807, 2.05) is 31.2 Å². The second kappa shape index (κ2) is 6.17. The number of pyridine rings is 1. The lowest BCUT2D eigenvalue weighted by molar-refractivity contribution is 0.340. The first-order valence-electron chi connectivity index (χ1n) is 5.66. The van der Waals surface area contributed by atoms with Gasteiger partial charge < -0.3 is 4.74 Å². The van der Waals surface area contributed by atoms with E-state index in [-0.39, 0.29) is 0 Å². The van der Waals surface area contributed by atoms with Gasteiger partial charge in [-0.25, -0.2) is 9.98 Å². The Labute approximate surface area is 111 Å². The first-order valence-corrected chi connectivity index (χ1v) is 6.04. The summed E-state index contributed by atoms with van der Waals surface area (Å²) < 4.78 is 5.37. The van der Waals surface area contributed by atoms with Gasteiger partial charge in [-0.2, -0.15) is 0 Å². The Hall–Kier alpha value is -1.87. The van der Waals surface area contributed by atoms with E-state index < -0.39 is 0 Å². The molecule has 0 aliphatic rings. The molecular formula is C14H13ClN2O. The van der Waals surface area contributed by atoms with Crippen LogP contribution in [-0.2, 0) is 0 Å². The molecule has 0 aliphatic heterocycles. The Morgan fingerprint density at radius 3 is 2.61 bits per heavy atom. The number of nitrogens with zero attached hydrogens (tertiary/aromatic N) is 2. The fraction of sp³-hybridized carbons (Fsp3) is 0.143. The fourth-order valence-corrected chi connectivity index (χ4v) is 1.51. The SMILES string of the molecule is CCOc1ccc(C=Nc2ccc(Cl)cn2)cc1. The van der Waals surface area contributed by atoms with E-state index >= 15 is 0 Å². The highest BCUT2D eigenvalue weighted by Gasteiger charge is 1.93. The van der Waals surface area contributed by atoms with Crippen molar-refractivity contribution >= 4 is 23.6 Å². The minimum Gasteiger partial charge on any atom is -0.494 e. The molecule has 4 heteroatoms. The molecule has 0 saturated heterocycles. The summed E-state index contributed by atoms with van der Waals surface area (Å²) in [5.74, 6) is 1.49. The summed E-state index contributed by atoms with van der Waals surface area (Å²) in [5.41, 5.74) is 0.996. The molecule has 0 aliphatic carbocycles. The average Bonchev–Trinajstić information content (AvgIpc) is 2.40. The summed E-state index contributed by atoms with van der Waals surface area (Å²) in [6.07, 6.45) is 3.33. The summed E-state index contributed by atoms with van der Waals surface area (Å²) in [4.78, 5) is 8.34. The molecule has 1 aromatic heterocycles. The zero-order valence-electron chi connectivity index (χ0n) is 10.0. The van der Waals surface area contributed by atoms with Crippen LogP contribution < -0.4 is 4.74 Å². The van der Waals surface area contributed by atoms with Gasteiger partial charge in [-0.1, -0.05) is 11.6 Å². The molecule has 0 fully saturated rings. The molecule has 0 atom stereocenters. The van der Waals surface area contributed by atoms with Gasteiger partial charge in [-0.15, -0.1) is 0 Å². The molecule has 1 heterocycles. The van der Waals surface area contributed by atoms with Crippen molar-refractivity contribution in [1.82, 2.24) is 4.98 Å². The predicted octanol–water partition coefficient (Wildman–Crippen LogP) is 3.88. The number of halogens is 1. The fourth-order valence-electron chi connectivity index (χ4n) is 1.40. The average molecular weight is 261 g/mol. The summed E-state index contributed by atoms with van der Waals surface area (Å²) in [6.45, 7) is 2.63. The Kier molecular flexibility index (Phi) is 4.31. The largest absolute Gasteiger partial charge is 0.494 e. The van der Waals surface area contributed by atoms with Crippen LogP contribution in [0.5, 0.6) is 5.75 Å². The molecule has 3 nitrogen and oxygen atoms in total. The first kappa shape index (κ1) is 12.6. The molecule has 0 unspecified atom stereocenters. The quantitative estimate of drug-likeness (QED) is 0.782. The van der Waals surface area contributed by atoms with Crippen LogP contribution in [-0.4, -0.2) is 17.8 Å². The second-order valence-electron chi connectivity index (χ2n) is 3.59. The number of ether oxygens (including phenoxy) is 1. The smallest absolute Gasteiger partial charge is 0.151 e. The Morgan fingerprint density at radius 1 is 1.22 bits per heavy atom. The maximum atomic E-state index is 5.75. The van der Waals surface area contributed by atoms with Crippen LogP contribution in [0.4, 0.5) is 5.82 Å². The molecule has 0 saturated carbocycles. The van der Waals surface area contributed by atoms with Gasteiger partial charge in [0.2, 0.25) is 0 Å². The molecule has 0 amide bonds. The molecule has 18 heavy (non-hydrogen) atoms. The summed E-state index contributed by atoms with van der Waals surface area (Å²) >= 11 is 5.75. The summed E-state index contributed by atoms with van der Waals surface area (Å²) in [7, 11) is 0. The van der Waals surface area contributed by atoms with E-state index in [2.05, 4.69) is 9.98 Å². The van der Waals surface area contributed by atoms with Crippen molar-refractivity contribution in [2.45, 2.75) is 6.92 Å². The molecule has 92 valence electrons. The number of rotatable bonds is 4. The number of aliphatic imine (C=N–C) groups is 1. The molecule has 2 rings (SSSR count). The van der Waals surface area contributed by atoms with Crippen molar-refractivity contribution in [2.75, 3.05) is 6.61 Å². The van der Waals surface area contributed by atoms with Crippen molar-refractivity contribution in [1.29, 1.82) is 0 Å². The van der Waals surface area contributed by atoms with E-state index in [9.17, 15) is 0 Å². The zero-order valence-corrected chi connectivity index (χ0v) is 10.8. The maximum Gasteiger partial charge on any atom is 0.151 e. The van der Waals surface area contributed by atoms with Crippen LogP contribution in [0.15, 0.2) is 47.6 Å². The van der Waals surface area contributed by atoms with Gasteiger partial charge in [0.05, 0.1) is 11.6 Å². The number of aromatic nitrogens is 1. The van der Waals surface area contributed by atoms with Gasteiger partial charge in [0.15, 0.2) is 5.82 Å². The second-order valence-corrected chi connectivity index (χ2v) is 4.03. The van der Waals surface area contributed by atoms with Gasteiger partial charge >= 0.3 is 0 Å². The first-order chi connectivity index (χ1) is 8.78. The zero-order chi connectivity index (χ0) is 12.8. The maximum absolute atomic E-state index is 5.75. The topological polar surface area (TPSA) is 34.5 Å². The van der Waals surface area contributed by atoms with Gasteiger partial charge in [0.1, 0.15) is 5.75 Å².